The van der Waals surface area contributed by atoms with Crippen molar-refractivity contribution >= 4 is 38.7 Å². The Kier molecular flexibility index (Phi) is 4.50. The predicted molar refractivity (Wildman–Crippen MR) is 101 cm³/mol. The van der Waals surface area contributed by atoms with Crippen LogP contribution in [0.25, 0.3) is 22.5 Å². The fourth-order valence-corrected chi connectivity index (χ4v) is 3.40. The molecule has 2 heterocycles. The van der Waals surface area contributed by atoms with Crippen LogP contribution in [0.2, 0.25) is 0 Å². The molecule has 5 nitrogen and oxygen atoms in total. The molecule has 0 amide bonds. The van der Waals surface area contributed by atoms with Crippen LogP contribution in [0, 0.1) is 6.92 Å². The third-order valence-electron chi connectivity index (χ3n) is 3.67. The van der Waals surface area contributed by atoms with E-state index in [0.29, 0.717) is 16.9 Å². The van der Waals surface area contributed by atoms with Gasteiger partial charge in [-0.1, -0.05) is 39.8 Å². The fraction of sp³-hybridized carbons (Fsp3) is 0.111. The largest absolute Gasteiger partial charge is 0.411 e. The summed E-state index contributed by atoms with van der Waals surface area (Å²) in [5, 5.41) is 8.74. The molecule has 0 fully saturated rings. The van der Waals surface area contributed by atoms with Gasteiger partial charge < -0.3 is 4.42 Å². The molecule has 7 heteroatoms. The number of hydrogen-bond donors (Lipinski definition) is 0. The zero-order chi connectivity index (χ0) is 17.2. The van der Waals surface area contributed by atoms with Gasteiger partial charge in [0.1, 0.15) is 0 Å². The van der Waals surface area contributed by atoms with Gasteiger partial charge in [0.15, 0.2) is 0 Å². The van der Waals surface area contributed by atoms with Crippen molar-refractivity contribution in [3.63, 3.8) is 0 Å². The average Bonchev–Trinajstić information content (AvgIpc) is 3.09. The Morgan fingerprint density at radius 2 is 1.68 bits per heavy atom. The molecule has 124 valence electrons. The lowest BCUT2D eigenvalue weighted by Gasteiger charge is -2.04. The number of fused-ring (bicyclic) bond motifs is 1. The molecular formula is C18H13BrN4OS. The third kappa shape index (κ3) is 3.57. The van der Waals surface area contributed by atoms with Crippen molar-refractivity contribution < 1.29 is 4.42 Å². The Morgan fingerprint density at radius 1 is 0.960 bits per heavy atom. The van der Waals surface area contributed by atoms with Crippen LogP contribution in [0.5, 0.6) is 0 Å². The summed E-state index contributed by atoms with van der Waals surface area (Å²) in [5.41, 5.74) is 4.53. The van der Waals surface area contributed by atoms with E-state index in [2.05, 4.69) is 36.1 Å². The first-order valence-corrected chi connectivity index (χ1v) is 9.41. The van der Waals surface area contributed by atoms with E-state index < -0.39 is 0 Å². The first kappa shape index (κ1) is 16.2. The number of nitrogens with zero attached hydrogens (tertiary/aromatic N) is 4. The monoisotopic (exact) mass is 412 g/mol. The smallest absolute Gasteiger partial charge is 0.277 e. The van der Waals surface area contributed by atoms with Gasteiger partial charge in [0.25, 0.3) is 5.22 Å². The van der Waals surface area contributed by atoms with Crippen molar-refractivity contribution in [2.24, 2.45) is 0 Å². The molecule has 0 aliphatic carbocycles. The second kappa shape index (κ2) is 6.93. The highest BCUT2D eigenvalue weighted by molar-refractivity contribution is 9.10. The summed E-state index contributed by atoms with van der Waals surface area (Å²) in [4.78, 5) is 9.29. The van der Waals surface area contributed by atoms with Gasteiger partial charge in [-0.15, -0.1) is 10.2 Å². The van der Waals surface area contributed by atoms with E-state index in [1.54, 1.807) is 0 Å². The van der Waals surface area contributed by atoms with Gasteiger partial charge in [0.05, 0.1) is 22.4 Å². The molecular weight excluding hydrogens is 400 g/mol. The topological polar surface area (TPSA) is 64.7 Å². The van der Waals surface area contributed by atoms with Gasteiger partial charge in [0, 0.05) is 15.8 Å². The Labute approximate surface area is 157 Å². The predicted octanol–water partition coefficient (Wildman–Crippen LogP) is 5.04. The Morgan fingerprint density at radius 3 is 2.44 bits per heavy atom. The van der Waals surface area contributed by atoms with Gasteiger partial charge in [-0.05, 0) is 43.3 Å². The average molecular weight is 413 g/mol. The molecule has 0 atom stereocenters. The number of aryl methyl sites for hydroxylation is 1. The molecule has 25 heavy (non-hydrogen) atoms. The van der Waals surface area contributed by atoms with E-state index in [-0.39, 0.29) is 0 Å². The van der Waals surface area contributed by atoms with Crippen molar-refractivity contribution in [2.75, 3.05) is 0 Å². The second-order valence-corrected chi connectivity index (χ2v) is 7.26. The SMILES string of the molecule is Cc1nc2ccccc2nc1CSc1nnc(-c2ccc(Br)cc2)o1. The summed E-state index contributed by atoms with van der Waals surface area (Å²) < 4.78 is 6.75. The quantitative estimate of drug-likeness (QED) is 0.437. The highest BCUT2D eigenvalue weighted by atomic mass is 79.9. The second-order valence-electron chi connectivity index (χ2n) is 5.41. The summed E-state index contributed by atoms with van der Waals surface area (Å²) in [7, 11) is 0. The molecule has 0 bridgehead atoms. The van der Waals surface area contributed by atoms with Gasteiger partial charge in [-0.2, -0.15) is 0 Å². The number of hydrogen-bond acceptors (Lipinski definition) is 6. The Hall–Kier alpha value is -2.25. The summed E-state index contributed by atoms with van der Waals surface area (Å²) in [6, 6.07) is 15.6. The molecule has 2 aromatic heterocycles. The van der Waals surface area contributed by atoms with Crippen LogP contribution in [0.15, 0.2) is 62.6 Å². The molecule has 0 saturated carbocycles. The molecule has 0 N–H and O–H groups in total. The molecule has 2 aromatic carbocycles. The maximum Gasteiger partial charge on any atom is 0.277 e. The van der Waals surface area contributed by atoms with Crippen LogP contribution in [0.4, 0.5) is 0 Å². The van der Waals surface area contributed by atoms with E-state index in [1.165, 1.54) is 11.8 Å². The van der Waals surface area contributed by atoms with E-state index in [1.807, 2.05) is 55.5 Å². The maximum absolute atomic E-state index is 5.74. The van der Waals surface area contributed by atoms with Crippen molar-refractivity contribution in [1.29, 1.82) is 0 Å². The summed E-state index contributed by atoms with van der Waals surface area (Å²) in [6.45, 7) is 1.97. The zero-order valence-electron chi connectivity index (χ0n) is 13.3. The lowest BCUT2D eigenvalue weighted by atomic mass is 10.2. The van der Waals surface area contributed by atoms with Gasteiger partial charge >= 0.3 is 0 Å². The molecule has 0 unspecified atom stereocenters. The van der Waals surface area contributed by atoms with Crippen LogP contribution in [-0.2, 0) is 5.75 Å². The first-order chi connectivity index (χ1) is 12.2. The molecule has 4 aromatic rings. The minimum atomic E-state index is 0.510. The van der Waals surface area contributed by atoms with E-state index in [4.69, 9.17) is 4.42 Å². The lowest BCUT2D eigenvalue weighted by Crippen LogP contribution is -1.96. The minimum absolute atomic E-state index is 0.510. The van der Waals surface area contributed by atoms with Crippen LogP contribution < -0.4 is 0 Å². The highest BCUT2D eigenvalue weighted by Crippen LogP contribution is 2.27. The summed E-state index contributed by atoms with van der Waals surface area (Å²) in [5.74, 6) is 1.14. The maximum atomic E-state index is 5.74. The zero-order valence-corrected chi connectivity index (χ0v) is 15.7. The first-order valence-electron chi connectivity index (χ1n) is 7.63. The summed E-state index contributed by atoms with van der Waals surface area (Å²) >= 11 is 4.88. The number of halogens is 1. The van der Waals surface area contributed by atoms with E-state index in [9.17, 15) is 0 Å². The van der Waals surface area contributed by atoms with Crippen molar-refractivity contribution in [3.05, 3.63) is 64.4 Å². The van der Waals surface area contributed by atoms with Crippen LogP contribution in [0.3, 0.4) is 0 Å². The molecule has 0 spiro atoms. The number of aromatic nitrogens is 4. The van der Waals surface area contributed by atoms with Crippen LogP contribution in [0.1, 0.15) is 11.4 Å². The normalized spacial score (nSPS) is 11.1. The number of benzene rings is 2. The van der Waals surface area contributed by atoms with Crippen LogP contribution in [-0.4, -0.2) is 20.2 Å². The highest BCUT2D eigenvalue weighted by Gasteiger charge is 2.11. The van der Waals surface area contributed by atoms with Gasteiger partial charge in [0.2, 0.25) is 5.89 Å². The van der Waals surface area contributed by atoms with Crippen LogP contribution >= 0.6 is 27.7 Å². The van der Waals surface area contributed by atoms with Crippen molar-refractivity contribution in [3.8, 4) is 11.5 Å². The van der Waals surface area contributed by atoms with Crippen molar-refractivity contribution in [1.82, 2.24) is 20.2 Å². The third-order valence-corrected chi connectivity index (χ3v) is 5.03. The van der Waals surface area contributed by atoms with Gasteiger partial charge in [-0.3, -0.25) is 0 Å². The van der Waals surface area contributed by atoms with E-state index >= 15 is 0 Å². The number of para-hydroxylation sites is 2. The standard InChI is InChI=1S/C18H13BrN4OS/c1-11-16(21-15-5-3-2-4-14(15)20-11)10-25-18-23-22-17(24-18)12-6-8-13(19)9-7-12/h2-9H,10H2,1H3. The summed E-state index contributed by atoms with van der Waals surface area (Å²) in [6.07, 6.45) is 0. The molecule has 0 saturated heterocycles. The number of thioether (sulfide) groups is 1. The Bertz CT molecular complexity index is 1030. The Balaban J connectivity index is 1.52. The molecule has 0 aliphatic heterocycles. The molecule has 0 radical (unpaired) electrons. The minimum Gasteiger partial charge on any atom is -0.411 e. The fourth-order valence-electron chi connectivity index (χ4n) is 2.37. The molecule has 4 rings (SSSR count). The molecule has 0 aliphatic rings. The van der Waals surface area contributed by atoms with Crippen molar-refractivity contribution in [2.45, 2.75) is 17.9 Å². The van der Waals surface area contributed by atoms with E-state index in [0.717, 1.165) is 32.5 Å². The lowest BCUT2D eigenvalue weighted by molar-refractivity contribution is 0.466. The van der Waals surface area contributed by atoms with Gasteiger partial charge in [-0.25, -0.2) is 9.97 Å². The number of rotatable bonds is 4.